The molecule has 0 aliphatic rings. The first-order valence-electron chi connectivity index (χ1n) is 11.8. The number of fused-ring (bicyclic) bond motifs is 1. The topological polar surface area (TPSA) is 59.3 Å². The molecular formula is C30H35ClFN4OY2-2. The van der Waals surface area contributed by atoms with Gasteiger partial charge in [0.2, 0.25) is 0 Å². The van der Waals surface area contributed by atoms with Crippen molar-refractivity contribution in [1.82, 2.24) is 14.4 Å². The number of halogens is 2. The molecule has 1 radical (unpaired) electrons. The second-order valence-electron chi connectivity index (χ2n) is 7.65. The first-order valence-corrected chi connectivity index (χ1v) is 12.2. The van der Waals surface area contributed by atoms with Crippen molar-refractivity contribution < 1.29 is 74.6 Å². The van der Waals surface area contributed by atoms with Crippen LogP contribution in [0.5, 0.6) is 0 Å². The van der Waals surface area contributed by atoms with Gasteiger partial charge in [0, 0.05) is 57.7 Å². The Kier molecular flexibility index (Phi) is 22.3. The average molecular weight is 700 g/mol. The molecule has 2 aromatic carbocycles. The van der Waals surface area contributed by atoms with Gasteiger partial charge in [-0.25, -0.2) is 9.37 Å². The van der Waals surface area contributed by atoms with Crippen LogP contribution in [0.3, 0.4) is 0 Å². The van der Waals surface area contributed by atoms with Gasteiger partial charge in [-0.3, -0.25) is 9.38 Å². The van der Waals surface area contributed by atoms with Crippen LogP contribution < -0.4 is 5.32 Å². The van der Waals surface area contributed by atoms with E-state index in [-0.39, 0.29) is 78.7 Å². The Balaban J connectivity index is 0. The molecule has 203 valence electrons. The van der Waals surface area contributed by atoms with Gasteiger partial charge in [-0.15, -0.1) is 11.6 Å². The maximum atomic E-state index is 13.9. The molecule has 2 heterocycles. The normalized spacial score (nSPS) is 9.41. The van der Waals surface area contributed by atoms with Crippen LogP contribution in [-0.4, -0.2) is 27.7 Å². The molecule has 0 aliphatic carbocycles. The van der Waals surface area contributed by atoms with Crippen LogP contribution in [0.4, 0.5) is 10.1 Å². The van der Waals surface area contributed by atoms with Gasteiger partial charge in [0.1, 0.15) is 5.82 Å². The van der Waals surface area contributed by atoms with Crippen molar-refractivity contribution >= 4 is 29.2 Å². The number of hydrogen-bond donors (Lipinski definition) is 1. The number of unbranched alkanes of at least 4 members (excludes halogenated alkanes) is 2. The zero-order valence-corrected chi connectivity index (χ0v) is 29.6. The van der Waals surface area contributed by atoms with Crippen molar-refractivity contribution in [3.05, 3.63) is 110 Å². The Labute approximate surface area is 288 Å². The molecule has 4 aromatic rings. The quantitative estimate of drug-likeness (QED) is 0.202. The molecule has 0 bridgehead atoms. The van der Waals surface area contributed by atoms with Crippen molar-refractivity contribution in [1.29, 1.82) is 0 Å². The molecule has 0 saturated carbocycles. The second-order valence-corrected chi connectivity index (χ2v) is 8.05. The van der Waals surface area contributed by atoms with Gasteiger partial charge in [-0.05, 0) is 25.0 Å². The summed E-state index contributed by atoms with van der Waals surface area (Å²) in [5, 5.41) is 3.30. The number of hydrogen-bond acceptors (Lipinski definition) is 4. The first kappa shape index (κ1) is 40.1. The van der Waals surface area contributed by atoms with E-state index in [1.165, 1.54) is 6.07 Å². The number of imidazole rings is 1. The summed E-state index contributed by atoms with van der Waals surface area (Å²) in [5.74, 6) is -0.273. The van der Waals surface area contributed by atoms with E-state index < -0.39 is 0 Å². The van der Waals surface area contributed by atoms with Crippen LogP contribution in [0.15, 0.2) is 55.0 Å². The van der Waals surface area contributed by atoms with Crippen molar-refractivity contribution in [3.8, 4) is 11.3 Å². The van der Waals surface area contributed by atoms with E-state index in [1.807, 2.05) is 43.0 Å². The number of nitrogens with one attached hydrogen (secondary N) is 1. The van der Waals surface area contributed by atoms with Crippen molar-refractivity contribution in [3.63, 3.8) is 0 Å². The van der Waals surface area contributed by atoms with Crippen molar-refractivity contribution in [2.24, 2.45) is 0 Å². The maximum absolute atomic E-state index is 13.9. The van der Waals surface area contributed by atoms with Crippen molar-refractivity contribution in [2.75, 3.05) is 12.4 Å². The molecule has 5 nitrogen and oxygen atoms in total. The third-order valence-corrected chi connectivity index (χ3v) is 5.64. The average Bonchev–Trinajstić information content (AvgIpc) is 3.34. The standard InChI is InChI=1S/C15H15FN4.C9H8ClO.C5H9.CH3.2Y/c1-3-12-15-19-9-14(20(15)7-6-18-12)10-4-5-13(17-2)11(16)8-10;1-2-7-3-4-8(6-11)9(10)5-7;1-3-5-4-2;;;/h4-9,17H,3H2,1-2H3;3-5H,2H2,1H3;5H,1-4H2;1H3;;/q;-1;-3;-1;;+3. The Hall–Kier alpha value is -1.04. The van der Waals surface area contributed by atoms with E-state index in [0.29, 0.717) is 16.3 Å². The van der Waals surface area contributed by atoms with Crippen LogP contribution in [0.1, 0.15) is 43.5 Å². The summed E-state index contributed by atoms with van der Waals surface area (Å²) in [5.41, 5.74) is 5.46. The van der Waals surface area contributed by atoms with Crippen LogP contribution in [-0.2, 0) is 83.1 Å². The molecule has 0 fully saturated rings. The predicted octanol–water partition coefficient (Wildman–Crippen LogP) is 7.58. The van der Waals surface area contributed by atoms with Crippen LogP contribution >= 0.6 is 11.6 Å². The molecule has 2 aromatic heterocycles. The van der Waals surface area contributed by atoms with Crippen LogP contribution in [0.25, 0.3) is 16.9 Å². The molecule has 0 amide bonds. The molecule has 0 unspecified atom stereocenters. The van der Waals surface area contributed by atoms with Crippen LogP contribution in [0, 0.1) is 33.5 Å². The third kappa shape index (κ3) is 11.8. The Bertz CT molecular complexity index is 1270. The molecule has 1 N–H and O–H groups in total. The monoisotopic (exact) mass is 699 g/mol. The molecule has 9 heteroatoms. The fraction of sp³-hybridized carbons (Fsp3) is 0.233. The smallest absolute Gasteiger partial charge is 0.387 e. The van der Waals surface area contributed by atoms with E-state index >= 15 is 0 Å². The number of benzene rings is 2. The molecule has 0 spiro atoms. The third-order valence-electron chi connectivity index (χ3n) is 5.33. The predicted molar refractivity (Wildman–Crippen MR) is 154 cm³/mol. The SMILES string of the molecule is CCc1ccc([C-]=O)c(Cl)c1.CCc1nccn2c(-c3ccc(NC)c(F)c3)cnc12.[CH2-]C[CH-]C[CH2-].[CH3-].[Y+3].[Y]. The molecule has 39 heavy (non-hydrogen) atoms. The largest absolute Gasteiger partial charge is 3.00 e. The summed E-state index contributed by atoms with van der Waals surface area (Å²) in [6.45, 7) is 11.2. The Morgan fingerprint density at radius 2 is 1.79 bits per heavy atom. The summed E-state index contributed by atoms with van der Waals surface area (Å²) >= 11 is 5.75. The minimum atomic E-state index is -0.273. The Morgan fingerprint density at radius 3 is 2.28 bits per heavy atom. The summed E-state index contributed by atoms with van der Waals surface area (Å²) < 4.78 is 15.8. The molecule has 4 rings (SSSR count). The van der Waals surface area contributed by atoms with E-state index in [1.54, 1.807) is 43.9 Å². The summed E-state index contributed by atoms with van der Waals surface area (Å²) in [7, 11) is 1.70. The van der Waals surface area contributed by atoms with Gasteiger partial charge in [-0.1, -0.05) is 36.6 Å². The summed E-state index contributed by atoms with van der Waals surface area (Å²) in [6, 6.07) is 10.5. The summed E-state index contributed by atoms with van der Waals surface area (Å²) in [4.78, 5) is 18.9. The van der Waals surface area contributed by atoms with E-state index in [2.05, 4.69) is 29.1 Å². The molecular weight excluding hydrogens is 665 g/mol. The fourth-order valence-corrected chi connectivity index (χ4v) is 3.56. The van der Waals surface area contributed by atoms with Gasteiger partial charge < -0.3 is 50.6 Å². The zero-order chi connectivity index (χ0) is 26.5. The molecule has 0 aliphatic heterocycles. The van der Waals surface area contributed by atoms with Gasteiger partial charge in [0.05, 0.1) is 29.6 Å². The second kappa shape index (κ2) is 21.7. The number of carbonyl (C=O) groups excluding carboxylic acids is 1. The van der Waals surface area contributed by atoms with Gasteiger partial charge in [0.25, 0.3) is 0 Å². The molecule has 0 saturated heterocycles. The fourth-order valence-electron chi connectivity index (χ4n) is 3.32. The maximum Gasteiger partial charge on any atom is 3.00 e. The zero-order valence-electron chi connectivity index (χ0n) is 23.2. The van der Waals surface area contributed by atoms with Gasteiger partial charge in [-0.2, -0.15) is 17.7 Å². The van der Waals surface area contributed by atoms with Gasteiger partial charge >= 0.3 is 32.7 Å². The number of rotatable bonds is 7. The van der Waals surface area contributed by atoms with Crippen LogP contribution in [0.2, 0.25) is 5.02 Å². The first-order chi connectivity index (χ1) is 17.4. The van der Waals surface area contributed by atoms with E-state index in [0.717, 1.165) is 53.8 Å². The van der Waals surface area contributed by atoms with Gasteiger partial charge in [0.15, 0.2) is 5.65 Å². The minimum absolute atomic E-state index is 0. The summed E-state index contributed by atoms with van der Waals surface area (Å²) in [6.07, 6.45) is 12.7. The number of aromatic nitrogens is 3. The van der Waals surface area contributed by atoms with E-state index in [9.17, 15) is 9.18 Å². The number of nitrogens with zero attached hydrogens (tertiary/aromatic N) is 3. The Morgan fingerprint density at radius 1 is 1.10 bits per heavy atom. The molecule has 0 atom stereocenters. The van der Waals surface area contributed by atoms with Crippen molar-refractivity contribution in [2.45, 2.75) is 39.5 Å². The minimum Gasteiger partial charge on any atom is -0.387 e. The number of aryl methyl sites for hydroxylation is 2. The number of anilines is 1. The van der Waals surface area contributed by atoms with E-state index in [4.69, 9.17) is 11.6 Å².